The third-order valence-corrected chi connectivity index (χ3v) is 8.43. The molecular weight excluding hydrogens is 616 g/mol. The highest BCUT2D eigenvalue weighted by atomic mass is 32.1. The molecule has 0 spiro atoms. The fourth-order valence-corrected chi connectivity index (χ4v) is 6.03. The summed E-state index contributed by atoms with van der Waals surface area (Å²) in [5.74, 6) is 0.766. The zero-order valence-electron chi connectivity index (χ0n) is 26.0. The van der Waals surface area contributed by atoms with E-state index in [0.29, 0.717) is 44.5 Å². The zero-order valence-corrected chi connectivity index (χ0v) is 26.8. The predicted molar refractivity (Wildman–Crippen MR) is 180 cm³/mol. The molecule has 2 aromatic heterocycles. The molecule has 0 bridgehead atoms. The summed E-state index contributed by atoms with van der Waals surface area (Å²) in [6.07, 6.45) is 0. The average Bonchev–Trinajstić information content (AvgIpc) is 3.76. The lowest BCUT2D eigenvalue weighted by Crippen LogP contribution is -2.42. The topological polar surface area (TPSA) is 121 Å². The molecule has 1 atom stereocenters. The highest BCUT2D eigenvalue weighted by Gasteiger charge is 2.34. The largest absolute Gasteiger partial charge is 0.497 e. The van der Waals surface area contributed by atoms with Crippen LogP contribution >= 0.6 is 11.3 Å². The Morgan fingerprint density at radius 1 is 0.872 bits per heavy atom. The smallest absolute Gasteiger partial charge is 0.251 e. The highest BCUT2D eigenvalue weighted by Crippen LogP contribution is 2.34. The molecule has 0 saturated heterocycles. The van der Waals surface area contributed by atoms with E-state index in [2.05, 4.69) is 15.6 Å². The number of anilines is 1. The Morgan fingerprint density at radius 2 is 1.62 bits per heavy atom. The summed E-state index contributed by atoms with van der Waals surface area (Å²) in [6, 6.07) is 28.3. The van der Waals surface area contributed by atoms with E-state index in [-0.39, 0.29) is 19.0 Å². The van der Waals surface area contributed by atoms with Gasteiger partial charge in [-0.3, -0.25) is 9.59 Å². The number of nitrogens with one attached hydrogen (secondary N) is 1. The van der Waals surface area contributed by atoms with Gasteiger partial charge in [0.15, 0.2) is 11.5 Å². The van der Waals surface area contributed by atoms with Crippen LogP contribution in [0, 0.1) is 0 Å². The normalized spacial score (nSPS) is 11.6. The first-order chi connectivity index (χ1) is 23.0. The van der Waals surface area contributed by atoms with Gasteiger partial charge >= 0.3 is 0 Å². The number of thiazole rings is 1. The van der Waals surface area contributed by atoms with E-state index in [1.54, 1.807) is 49.6 Å². The number of methoxy groups -OCH3 is 3. The molecule has 2 amide bonds. The SMILES string of the molecule is COc1ccc(NC(=O)[C@@H](c2ccc(OC)c(OC)c2)N(Cc2nc(-c3ccccc3)cs2)C(=O)Cn2nnc3ccccc32)cc1. The minimum atomic E-state index is -1.09. The third kappa shape index (κ3) is 6.92. The van der Waals surface area contributed by atoms with Crippen LogP contribution in [0.3, 0.4) is 0 Å². The molecule has 4 aromatic carbocycles. The monoisotopic (exact) mass is 648 g/mol. The summed E-state index contributed by atoms with van der Waals surface area (Å²) < 4.78 is 17.9. The maximum Gasteiger partial charge on any atom is 0.251 e. The number of ether oxygens (including phenoxy) is 3. The molecule has 12 heteroatoms. The van der Waals surface area contributed by atoms with Crippen molar-refractivity contribution in [3.05, 3.63) is 113 Å². The first-order valence-electron chi connectivity index (χ1n) is 14.7. The summed E-state index contributed by atoms with van der Waals surface area (Å²) in [5.41, 5.74) is 4.16. The van der Waals surface area contributed by atoms with Crippen molar-refractivity contribution in [1.29, 1.82) is 0 Å². The Labute approximate surface area is 275 Å². The Morgan fingerprint density at radius 3 is 2.36 bits per heavy atom. The summed E-state index contributed by atoms with van der Waals surface area (Å²) in [5, 5.41) is 14.0. The molecule has 238 valence electrons. The fraction of sp³-hybridized carbons (Fsp3) is 0.171. The quantitative estimate of drug-likeness (QED) is 0.172. The number of nitrogens with zero attached hydrogens (tertiary/aromatic N) is 5. The van der Waals surface area contributed by atoms with Crippen LogP contribution in [0.5, 0.6) is 17.2 Å². The number of para-hydroxylation sites is 1. The standard InChI is InChI=1S/C35H32N6O5S/c1-44-26-16-14-25(15-17-26)36-35(43)34(24-13-18-30(45-2)31(19-24)46-3)40(20-32-37-28(22-47-32)23-9-5-4-6-10-23)33(42)21-41-29-12-8-7-11-27(29)38-39-41/h4-19,22,34H,20-21H2,1-3H3,(H,36,43)/t34-/m1/s1. The van der Waals surface area contributed by atoms with Crippen LogP contribution in [0.2, 0.25) is 0 Å². The number of hydrogen-bond acceptors (Lipinski definition) is 9. The van der Waals surface area contributed by atoms with Crippen molar-refractivity contribution in [1.82, 2.24) is 24.9 Å². The van der Waals surface area contributed by atoms with Crippen LogP contribution in [0.25, 0.3) is 22.3 Å². The lowest BCUT2D eigenvalue weighted by molar-refractivity contribution is -0.140. The molecule has 1 N–H and O–H groups in total. The van der Waals surface area contributed by atoms with Gasteiger partial charge in [0.05, 0.1) is 39.1 Å². The lowest BCUT2D eigenvalue weighted by Gasteiger charge is -2.31. The van der Waals surface area contributed by atoms with E-state index >= 15 is 0 Å². The van der Waals surface area contributed by atoms with Gasteiger partial charge in [-0.1, -0.05) is 53.7 Å². The van der Waals surface area contributed by atoms with Crippen LogP contribution in [0.15, 0.2) is 102 Å². The minimum absolute atomic E-state index is 0.0536. The zero-order chi connectivity index (χ0) is 32.8. The van der Waals surface area contributed by atoms with Crippen LogP contribution in [0.4, 0.5) is 5.69 Å². The van der Waals surface area contributed by atoms with Crippen LogP contribution in [-0.4, -0.2) is 58.0 Å². The second-order valence-electron chi connectivity index (χ2n) is 10.5. The molecule has 0 aliphatic carbocycles. The molecule has 0 saturated carbocycles. The minimum Gasteiger partial charge on any atom is -0.497 e. The fourth-order valence-electron chi connectivity index (χ4n) is 5.23. The van der Waals surface area contributed by atoms with Crippen LogP contribution in [0.1, 0.15) is 16.6 Å². The van der Waals surface area contributed by atoms with Crippen LogP contribution < -0.4 is 19.5 Å². The molecule has 0 aliphatic rings. The van der Waals surface area contributed by atoms with Gasteiger partial charge in [-0.2, -0.15) is 0 Å². The van der Waals surface area contributed by atoms with E-state index in [1.165, 1.54) is 35.1 Å². The van der Waals surface area contributed by atoms with Gasteiger partial charge in [-0.25, -0.2) is 9.67 Å². The second-order valence-corrected chi connectivity index (χ2v) is 11.4. The first-order valence-corrected chi connectivity index (χ1v) is 15.6. The summed E-state index contributed by atoms with van der Waals surface area (Å²) in [4.78, 5) is 35.1. The molecule has 11 nitrogen and oxygen atoms in total. The molecule has 6 rings (SSSR count). The van der Waals surface area contributed by atoms with Gasteiger partial charge in [0, 0.05) is 16.6 Å². The number of carbonyl (C=O) groups excluding carboxylic acids is 2. The average molecular weight is 649 g/mol. The Balaban J connectivity index is 1.42. The summed E-state index contributed by atoms with van der Waals surface area (Å²) in [7, 11) is 4.63. The van der Waals surface area contributed by atoms with E-state index in [4.69, 9.17) is 19.2 Å². The second kappa shape index (κ2) is 14.1. The van der Waals surface area contributed by atoms with E-state index in [0.717, 1.165) is 11.3 Å². The predicted octanol–water partition coefficient (Wildman–Crippen LogP) is 5.99. The summed E-state index contributed by atoms with van der Waals surface area (Å²) >= 11 is 1.42. The Bertz CT molecular complexity index is 1990. The number of fused-ring (bicyclic) bond motifs is 1. The molecule has 6 aromatic rings. The van der Waals surface area contributed by atoms with E-state index < -0.39 is 11.9 Å². The molecule has 0 aliphatic heterocycles. The Hall–Kier alpha value is -5.75. The van der Waals surface area contributed by atoms with Crippen molar-refractivity contribution in [3.8, 4) is 28.5 Å². The van der Waals surface area contributed by atoms with E-state index in [9.17, 15) is 9.59 Å². The maximum atomic E-state index is 14.4. The number of aromatic nitrogens is 4. The molecule has 0 unspecified atom stereocenters. The van der Waals surface area contributed by atoms with Crippen molar-refractivity contribution in [2.45, 2.75) is 19.1 Å². The van der Waals surface area contributed by atoms with E-state index in [1.807, 2.05) is 60.0 Å². The molecule has 0 fully saturated rings. The third-order valence-electron chi connectivity index (χ3n) is 7.59. The lowest BCUT2D eigenvalue weighted by atomic mass is 10.0. The Kier molecular flexibility index (Phi) is 9.39. The van der Waals surface area contributed by atoms with Gasteiger partial charge in [0.2, 0.25) is 5.91 Å². The van der Waals surface area contributed by atoms with Crippen LogP contribution in [-0.2, 0) is 22.7 Å². The molecule has 47 heavy (non-hydrogen) atoms. The number of amides is 2. The van der Waals surface area contributed by atoms with Gasteiger partial charge in [0.25, 0.3) is 5.91 Å². The van der Waals surface area contributed by atoms with Gasteiger partial charge in [-0.05, 0) is 54.1 Å². The van der Waals surface area contributed by atoms with Gasteiger partial charge in [0.1, 0.15) is 28.9 Å². The number of benzene rings is 4. The number of carbonyl (C=O) groups is 2. The van der Waals surface area contributed by atoms with Gasteiger partial charge in [-0.15, -0.1) is 16.4 Å². The van der Waals surface area contributed by atoms with Crippen molar-refractivity contribution < 1.29 is 23.8 Å². The molecular formula is C35H32N6O5S. The number of hydrogen-bond donors (Lipinski definition) is 1. The molecule has 0 radical (unpaired) electrons. The van der Waals surface area contributed by atoms with Crippen molar-refractivity contribution in [2.24, 2.45) is 0 Å². The highest BCUT2D eigenvalue weighted by molar-refractivity contribution is 7.09. The van der Waals surface area contributed by atoms with Crippen molar-refractivity contribution in [3.63, 3.8) is 0 Å². The number of rotatable bonds is 12. The first kappa shape index (κ1) is 31.2. The van der Waals surface area contributed by atoms with Gasteiger partial charge < -0.3 is 24.4 Å². The summed E-state index contributed by atoms with van der Waals surface area (Å²) in [6.45, 7) is -0.102. The van der Waals surface area contributed by atoms with Crippen molar-refractivity contribution in [2.75, 3.05) is 26.6 Å². The maximum absolute atomic E-state index is 14.4. The van der Waals surface area contributed by atoms with Crippen molar-refractivity contribution >= 4 is 39.9 Å². The molecule has 2 heterocycles.